The smallest absolute Gasteiger partial charge is 0.230 e. The summed E-state index contributed by atoms with van der Waals surface area (Å²) >= 11 is 0. The van der Waals surface area contributed by atoms with Gasteiger partial charge in [0.2, 0.25) is 5.79 Å². The molecule has 60 valence electrons. The molecule has 11 heavy (non-hydrogen) atoms. The van der Waals surface area contributed by atoms with Crippen LogP contribution in [0.5, 0.6) is 0 Å². The first-order valence-corrected chi connectivity index (χ1v) is 4.03. The Balaban J connectivity index is 2.15. The van der Waals surface area contributed by atoms with Gasteiger partial charge in [0.05, 0.1) is 6.61 Å². The quantitative estimate of drug-likeness (QED) is 0.528. The number of hydrogen-bond acceptors (Lipinski definition) is 2. The lowest BCUT2D eigenvalue weighted by molar-refractivity contribution is -0.135. The minimum Gasteiger partial charge on any atom is -0.459 e. The lowest BCUT2D eigenvalue weighted by Gasteiger charge is -2.20. The highest BCUT2D eigenvalue weighted by molar-refractivity contribution is 5.22. The average molecular weight is 152 g/mol. The van der Waals surface area contributed by atoms with Gasteiger partial charge in [-0.2, -0.15) is 0 Å². The second-order valence-corrected chi connectivity index (χ2v) is 2.89. The van der Waals surface area contributed by atoms with Crippen molar-refractivity contribution in [3.8, 4) is 0 Å². The molecule has 0 amide bonds. The molecule has 0 saturated carbocycles. The molecule has 1 fully saturated rings. The fourth-order valence-corrected chi connectivity index (χ4v) is 1.48. The molecule has 2 nitrogen and oxygen atoms in total. The van der Waals surface area contributed by atoms with Crippen LogP contribution in [0.25, 0.3) is 0 Å². The van der Waals surface area contributed by atoms with Gasteiger partial charge in [-0.25, -0.2) is 0 Å². The van der Waals surface area contributed by atoms with E-state index in [1.165, 1.54) is 0 Å². The molecule has 1 unspecified atom stereocenters. The highest BCUT2D eigenvalue weighted by Gasteiger charge is 2.38. The molecular weight excluding hydrogens is 140 g/mol. The first-order chi connectivity index (χ1) is 5.35. The average Bonchev–Trinajstić information content (AvgIpc) is 2.62. The van der Waals surface area contributed by atoms with E-state index in [1.807, 2.05) is 25.2 Å². The fraction of sp³-hybridized carbons (Fsp3) is 0.556. The summed E-state index contributed by atoms with van der Waals surface area (Å²) in [5.74, 6) is 0.536. The highest BCUT2D eigenvalue weighted by atomic mass is 16.7. The molecule has 2 heterocycles. The van der Waals surface area contributed by atoms with Gasteiger partial charge in [0.15, 0.2) is 0 Å². The predicted octanol–water partition coefficient (Wildman–Crippen LogP) is 1.98. The third-order valence-corrected chi connectivity index (χ3v) is 2.09. The summed E-state index contributed by atoms with van der Waals surface area (Å²) < 4.78 is 11.1. The van der Waals surface area contributed by atoms with Crippen molar-refractivity contribution in [3.63, 3.8) is 0 Å². The summed E-state index contributed by atoms with van der Waals surface area (Å²) in [5, 5.41) is 0. The Bertz CT molecular complexity index is 210. The summed E-state index contributed by atoms with van der Waals surface area (Å²) in [6.07, 6.45) is 8.02. The Morgan fingerprint density at radius 3 is 3.09 bits per heavy atom. The highest BCUT2D eigenvalue weighted by Crippen LogP contribution is 2.35. The van der Waals surface area contributed by atoms with Crippen molar-refractivity contribution < 1.29 is 9.47 Å². The molecule has 0 aromatic carbocycles. The Labute approximate surface area is 66.5 Å². The number of allylic oxidation sites excluding steroid dienone is 2. The topological polar surface area (TPSA) is 18.5 Å². The van der Waals surface area contributed by atoms with Crippen molar-refractivity contribution in [1.29, 1.82) is 0 Å². The number of ether oxygens (including phenoxy) is 2. The molecule has 1 spiro atoms. The van der Waals surface area contributed by atoms with Crippen LogP contribution in [0.1, 0.15) is 19.8 Å². The van der Waals surface area contributed by atoms with Gasteiger partial charge >= 0.3 is 0 Å². The maximum atomic E-state index is 5.59. The van der Waals surface area contributed by atoms with Gasteiger partial charge < -0.3 is 9.47 Å². The third-order valence-electron chi connectivity index (χ3n) is 2.09. The normalized spacial score (nSPS) is 38.8. The molecule has 0 radical (unpaired) electrons. The monoisotopic (exact) mass is 152 g/mol. The van der Waals surface area contributed by atoms with E-state index in [0.717, 1.165) is 25.2 Å². The van der Waals surface area contributed by atoms with E-state index in [9.17, 15) is 0 Å². The minimum atomic E-state index is -0.387. The van der Waals surface area contributed by atoms with Crippen LogP contribution in [0.3, 0.4) is 0 Å². The van der Waals surface area contributed by atoms with Gasteiger partial charge in [-0.15, -0.1) is 0 Å². The van der Waals surface area contributed by atoms with Gasteiger partial charge in [-0.3, -0.25) is 0 Å². The van der Waals surface area contributed by atoms with E-state index in [2.05, 4.69) is 0 Å². The first kappa shape index (κ1) is 6.92. The van der Waals surface area contributed by atoms with E-state index in [1.54, 1.807) is 0 Å². The molecule has 1 saturated heterocycles. The zero-order valence-corrected chi connectivity index (χ0v) is 6.67. The molecule has 0 aliphatic carbocycles. The SMILES string of the molecule is C/C=C1\C=CC2(CCCO2)O1. The lowest BCUT2D eigenvalue weighted by atomic mass is 10.2. The Hall–Kier alpha value is -0.760. The lowest BCUT2D eigenvalue weighted by Crippen LogP contribution is -2.24. The van der Waals surface area contributed by atoms with Crippen molar-refractivity contribution in [2.24, 2.45) is 0 Å². The summed E-state index contributed by atoms with van der Waals surface area (Å²) in [6.45, 7) is 2.79. The molecule has 0 aromatic heterocycles. The summed E-state index contributed by atoms with van der Waals surface area (Å²) in [7, 11) is 0. The molecule has 0 bridgehead atoms. The molecule has 2 aliphatic rings. The van der Waals surface area contributed by atoms with Crippen molar-refractivity contribution in [3.05, 3.63) is 24.0 Å². The van der Waals surface area contributed by atoms with Crippen LogP contribution >= 0.6 is 0 Å². The Morgan fingerprint density at radius 1 is 1.64 bits per heavy atom. The van der Waals surface area contributed by atoms with Crippen molar-refractivity contribution in [2.75, 3.05) is 6.61 Å². The van der Waals surface area contributed by atoms with Crippen LogP contribution in [0.2, 0.25) is 0 Å². The fourth-order valence-electron chi connectivity index (χ4n) is 1.48. The Morgan fingerprint density at radius 2 is 2.55 bits per heavy atom. The molecule has 2 aliphatic heterocycles. The van der Waals surface area contributed by atoms with E-state index in [-0.39, 0.29) is 5.79 Å². The van der Waals surface area contributed by atoms with Crippen LogP contribution in [-0.4, -0.2) is 12.4 Å². The van der Waals surface area contributed by atoms with Crippen LogP contribution in [0, 0.1) is 0 Å². The third kappa shape index (κ3) is 1.07. The van der Waals surface area contributed by atoms with Crippen LogP contribution in [-0.2, 0) is 9.47 Å². The predicted molar refractivity (Wildman–Crippen MR) is 41.9 cm³/mol. The maximum absolute atomic E-state index is 5.59. The summed E-state index contributed by atoms with van der Waals surface area (Å²) in [6, 6.07) is 0. The van der Waals surface area contributed by atoms with Gasteiger partial charge in [-0.1, -0.05) is 0 Å². The zero-order chi connectivity index (χ0) is 7.73. The maximum Gasteiger partial charge on any atom is 0.230 e. The number of hydrogen-bond donors (Lipinski definition) is 0. The van der Waals surface area contributed by atoms with Crippen LogP contribution in [0.4, 0.5) is 0 Å². The van der Waals surface area contributed by atoms with Gasteiger partial charge in [0.1, 0.15) is 5.76 Å². The molecule has 1 atom stereocenters. The molecule has 2 rings (SSSR count). The molecule has 0 aromatic rings. The van der Waals surface area contributed by atoms with Crippen molar-refractivity contribution >= 4 is 0 Å². The summed E-state index contributed by atoms with van der Waals surface area (Å²) in [4.78, 5) is 0. The van der Waals surface area contributed by atoms with Crippen molar-refractivity contribution in [2.45, 2.75) is 25.6 Å². The Kier molecular flexibility index (Phi) is 1.50. The van der Waals surface area contributed by atoms with Gasteiger partial charge in [0, 0.05) is 6.42 Å². The summed E-state index contributed by atoms with van der Waals surface area (Å²) in [5.41, 5.74) is 0. The van der Waals surface area contributed by atoms with Gasteiger partial charge in [0.25, 0.3) is 0 Å². The van der Waals surface area contributed by atoms with E-state index >= 15 is 0 Å². The molecule has 0 N–H and O–H groups in total. The van der Waals surface area contributed by atoms with E-state index < -0.39 is 0 Å². The molecule has 2 heteroatoms. The minimum absolute atomic E-state index is 0.387. The first-order valence-electron chi connectivity index (χ1n) is 4.03. The van der Waals surface area contributed by atoms with E-state index in [0.29, 0.717) is 0 Å². The molecular formula is C9H12O2. The standard InChI is InChI=1S/C9H12O2/c1-2-8-4-6-9(11-8)5-3-7-10-9/h2,4,6H,3,5,7H2,1H3/b8-2+. The van der Waals surface area contributed by atoms with Gasteiger partial charge in [-0.05, 0) is 31.6 Å². The second kappa shape index (κ2) is 2.38. The van der Waals surface area contributed by atoms with Crippen LogP contribution < -0.4 is 0 Å². The van der Waals surface area contributed by atoms with E-state index in [4.69, 9.17) is 9.47 Å². The second-order valence-electron chi connectivity index (χ2n) is 2.89. The largest absolute Gasteiger partial charge is 0.459 e. The van der Waals surface area contributed by atoms with Crippen molar-refractivity contribution in [1.82, 2.24) is 0 Å². The zero-order valence-electron chi connectivity index (χ0n) is 6.67. The number of rotatable bonds is 0. The van der Waals surface area contributed by atoms with Crippen LogP contribution in [0.15, 0.2) is 24.0 Å².